The molecule has 0 saturated carbocycles. The standard InChI is InChI=1S/C15H20N2O/c1-4-17(11-15-9-13(3)18-16-15)10-14-7-5-6-12(2)8-14/h5-9H,4,10-11H2,1-3H3. The van der Waals surface area contributed by atoms with Gasteiger partial charge in [-0.3, -0.25) is 4.90 Å². The molecule has 0 unspecified atom stereocenters. The van der Waals surface area contributed by atoms with Crippen molar-refractivity contribution < 1.29 is 4.52 Å². The third-order valence-electron chi connectivity index (χ3n) is 3.00. The summed E-state index contributed by atoms with van der Waals surface area (Å²) < 4.78 is 5.10. The van der Waals surface area contributed by atoms with Crippen molar-refractivity contribution in [1.82, 2.24) is 10.1 Å². The van der Waals surface area contributed by atoms with E-state index in [1.54, 1.807) is 0 Å². The average molecular weight is 244 g/mol. The maximum Gasteiger partial charge on any atom is 0.133 e. The Balaban J connectivity index is 2.01. The molecular weight excluding hydrogens is 224 g/mol. The van der Waals surface area contributed by atoms with Gasteiger partial charge in [0, 0.05) is 19.2 Å². The summed E-state index contributed by atoms with van der Waals surface area (Å²) in [5.74, 6) is 0.872. The number of rotatable bonds is 5. The first kappa shape index (κ1) is 12.8. The summed E-state index contributed by atoms with van der Waals surface area (Å²) >= 11 is 0. The highest BCUT2D eigenvalue weighted by Crippen LogP contribution is 2.11. The molecular formula is C15H20N2O. The molecule has 2 rings (SSSR count). The van der Waals surface area contributed by atoms with E-state index < -0.39 is 0 Å². The number of hydrogen-bond acceptors (Lipinski definition) is 3. The Morgan fingerprint density at radius 1 is 1.17 bits per heavy atom. The molecule has 3 nitrogen and oxygen atoms in total. The van der Waals surface area contributed by atoms with Crippen molar-refractivity contribution in [2.24, 2.45) is 0 Å². The largest absolute Gasteiger partial charge is 0.361 e. The summed E-state index contributed by atoms with van der Waals surface area (Å²) in [5, 5.41) is 4.05. The van der Waals surface area contributed by atoms with Gasteiger partial charge in [-0.15, -0.1) is 0 Å². The van der Waals surface area contributed by atoms with Crippen LogP contribution < -0.4 is 0 Å². The minimum Gasteiger partial charge on any atom is -0.361 e. The smallest absolute Gasteiger partial charge is 0.133 e. The van der Waals surface area contributed by atoms with Crippen LogP contribution in [0.1, 0.15) is 29.5 Å². The fraction of sp³-hybridized carbons (Fsp3) is 0.400. The van der Waals surface area contributed by atoms with Crippen molar-refractivity contribution in [2.75, 3.05) is 6.54 Å². The van der Waals surface area contributed by atoms with Crippen LogP contribution in [0.3, 0.4) is 0 Å². The molecule has 0 aliphatic rings. The summed E-state index contributed by atoms with van der Waals surface area (Å²) in [4.78, 5) is 2.35. The maximum atomic E-state index is 5.10. The van der Waals surface area contributed by atoms with Crippen molar-refractivity contribution in [3.05, 3.63) is 52.9 Å². The number of hydrogen-bond donors (Lipinski definition) is 0. The van der Waals surface area contributed by atoms with E-state index in [-0.39, 0.29) is 0 Å². The first-order chi connectivity index (χ1) is 8.67. The van der Waals surface area contributed by atoms with Crippen LogP contribution in [-0.4, -0.2) is 16.6 Å². The molecule has 0 fully saturated rings. The minimum atomic E-state index is 0.835. The number of aromatic nitrogens is 1. The van der Waals surface area contributed by atoms with Crippen LogP contribution in [0.4, 0.5) is 0 Å². The van der Waals surface area contributed by atoms with Gasteiger partial charge in [-0.1, -0.05) is 41.9 Å². The predicted octanol–water partition coefficient (Wildman–Crippen LogP) is 3.31. The van der Waals surface area contributed by atoms with Crippen LogP contribution in [-0.2, 0) is 13.1 Å². The van der Waals surface area contributed by atoms with Crippen LogP contribution in [0, 0.1) is 13.8 Å². The molecule has 0 bridgehead atoms. The lowest BCUT2D eigenvalue weighted by atomic mass is 10.1. The third kappa shape index (κ3) is 3.44. The lowest BCUT2D eigenvalue weighted by Crippen LogP contribution is -2.22. The molecule has 0 N–H and O–H groups in total. The Morgan fingerprint density at radius 2 is 2.00 bits per heavy atom. The van der Waals surface area contributed by atoms with Crippen LogP contribution in [0.2, 0.25) is 0 Å². The Morgan fingerprint density at radius 3 is 2.61 bits per heavy atom. The Hall–Kier alpha value is -1.61. The second-order valence-corrected chi connectivity index (χ2v) is 4.72. The minimum absolute atomic E-state index is 0.835. The number of nitrogens with zero attached hydrogens (tertiary/aromatic N) is 2. The molecule has 0 amide bonds. The zero-order valence-corrected chi connectivity index (χ0v) is 11.3. The van der Waals surface area contributed by atoms with E-state index in [0.717, 1.165) is 31.1 Å². The fourth-order valence-corrected chi connectivity index (χ4v) is 2.07. The highest BCUT2D eigenvalue weighted by Gasteiger charge is 2.08. The van der Waals surface area contributed by atoms with E-state index in [0.29, 0.717) is 0 Å². The summed E-state index contributed by atoms with van der Waals surface area (Å²) in [6.07, 6.45) is 0. The van der Waals surface area contributed by atoms with E-state index in [9.17, 15) is 0 Å². The fourth-order valence-electron chi connectivity index (χ4n) is 2.07. The molecule has 0 saturated heterocycles. The Kier molecular flexibility index (Phi) is 4.15. The van der Waals surface area contributed by atoms with Crippen molar-refractivity contribution in [3.8, 4) is 0 Å². The molecule has 3 heteroatoms. The molecule has 96 valence electrons. The maximum absolute atomic E-state index is 5.10. The second-order valence-electron chi connectivity index (χ2n) is 4.72. The monoisotopic (exact) mass is 244 g/mol. The normalized spacial score (nSPS) is 11.1. The Bertz CT molecular complexity index is 505. The zero-order valence-electron chi connectivity index (χ0n) is 11.3. The van der Waals surface area contributed by atoms with Gasteiger partial charge in [0.25, 0.3) is 0 Å². The molecule has 18 heavy (non-hydrogen) atoms. The average Bonchev–Trinajstić information content (AvgIpc) is 2.74. The van der Waals surface area contributed by atoms with Gasteiger partial charge in [0.15, 0.2) is 0 Å². The van der Waals surface area contributed by atoms with E-state index in [1.807, 2.05) is 13.0 Å². The Labute approximate surface area is 108 Å². The van der Waals surface area contributed by atoms with E-state index >= 15 is 0 Å². The summed E-state index contributed by atoms with van der Waals surface area (Å²) in [6, 6.07) is 10.6. The lowest BCUT2D eigenvalue weighted by molar-refractivity contribution is 0.260. The van der Waals surface area contributed by atoms with Gasteiger partial charge in [-0.2, -0.15) is 0 Å². The lowest BCUT2D eigenvalue weighted by Gasteiger charge is -2.19. The SMILES string of the molecule is CCN(Cc1cccc(C)c1)Cc1cc(C)on1. The van der Waals surface area contributed by atoms with Crippen molar-refractivity contribution in [1.29, 1.82) is 0 Å². The highest BCUT2D eigenvalue weighted by atomic mass is 16.5. The van der Waals surface area contributed by atoms with Gasteiger partial charge in [0.1, 0.15) is 5.76 Å². The summed E-state index contributed by atoms with van der Waals surface area (Å²) in [7, 11) is 0. The molecule has 1 aromatic heterocycles. The molecule has 0 atom stereocenters. The quantitative estimate of drug-likeness (QED) is 0.808. The van der Waals surface area contributed by atoms with E-state index in [1.165, 1.54) is 11.1 Å². The van der Waals surface area contributed by atoms with Gasteiger partial charge in [0.05, 0.1) is 5.69 Å². The van der Waals surface area contributed by atoms with Crippen LogP contribution in [0.15, 0.2) is 34.9 Å². The van der Waals surface area contributed by atoms with Crippen molar-refractivity contribution in [2.45, 2.75) is 33.9 Å². The van der Waals surface area contributed by atoms with E-state index in [4.69, 9.17) is 4.52 Å². The van der Waals surface area contributed by atoms with Crippen molar-refractivity contribution >= 4 is 0 Å². The van der Waals surface area contributed by atoms with Gasteiger partial charge < -0.3 is 4.52 Å². The summed E-state index contributed by atoms with van der Waals surface area (Å²) in [5.41, 5.74) is 3.65. The molecule has 2 aromatic rings. The molecule has 0 spiro atoms. The first-order valence-corrected chi connectivity index (χ1v) is 6.37. The van der Waals surface area contributed by atoms with Crippen LogP contribution in [0.5, 0.6) is 0 Å². The van der Waals surface area contributed by atoms with Gasteiger partial charge in [0.2, 0.25) is 0 Å². The highest BCUT2D eigenvalue weighted by molar-refractivity contribution is 5.22. The second kappa shape index (κ2) is 5.83. The van der Waals surface area contributed by atoms with Gasteiger partial charge in [-0.05, 0) is 26.0 Å². The first-order valence-electron chi connectivity index (χ1n) is 6.37. The molecule has 0 aliphatic carbocycles. The predicted molar refractivity (Wildman–Crippen MR) is 72.2 cm³/mol. The molecule has 0 aliphatic heterocycles. The molecule has 1 heterocycles. The van der Waals surface area contributed by atoms with Crippen molar-refractivity contribution in [3.63, 3.8) is 0 Å². The van der Waals surface area contributed by atoms with Crippen LogP contribution in [0.25, 0.3) is 0 Å². The van der Waals surface area contributed by atoms with E-state index in [2.05, 4.69) is 48.2 Å². The third-order valence-corrected chi connectivity index (χ3v) is 3.00. The zero-order chi connectivity index (χ0) is 13.0. The van der Waals surface area contributed by atoms with Crippen LogP contribution >= 0.6 is 0 Å². The number of benzene rings is 1. The van der Waals surface area contributed by atoms with Gasteiger partial charge >= 0.3 is 0 Å². The molecule has 1 aromatic carbocycles. The molecule has 0 radical (unpaired) electrons. The number of aryl methyl sites for hydroxylation is 2. The summed E-state index contributed by atoms with van der Waals surface area (Å²) in [6.45, 7) is 9.00. The topological polar surface area (TPSA) is 29.3 Å². The van der Waals surface area contributed by atoms with Gasteiger partial charge in [-0.25, -0.2) is 0 Å².